The van der Waals surface area contributed by atoms with Gasteiger partial charge in [0.25, 0.3) is 0 Å². The van der Waals surface area contributed by atoms with Gasteiger partial charge < -0.3 is 20.8 Å². The lowest BCUT2D eigenvalue weighted by molar-refractivity contribution is -0.131. The number of carbonyl (C=O) groups excluding carboxylic acids is 3. The number of aliphatic hydroxyl groups is 2. The van der Waals surface area contributed by atoms with Gasteiger partial charge in [0.15, 0.2) is 5.78 Å². The zero-order valence-electron chi connectivity index (χ0n) is 23.6. The maximum Gasteiger partial charge on any atom is 0.167 e. The number of phenolic OH excluding ortho intramolecular Hbond substituents is 1. The molecule has 0 radical (unpaired) electrons. The SMILES string of the molecule is CC(=O)CC(=O)C(CO)C(CCO)CC1CC(=O)c2c(O)c(CCc3ccc(C)cc3)cc(C(C)C)c2C1.O.[HH].[HH]. The smallest absolute Gasteiger partial charge is 0.167 e. The van der Waals surface area contributed by atoms with E-state index in [1.54, 1.807) is 0 Å². The molecule has 0 amide bonds. The van der Waals surface area contributed by atoms with Crippen LogP contribution in [-0.4, -0.2) is 51.4 Å². The van der Waals surface area contributed by atoms with Crippen molar-refractivity contribution in [2.75, 3.05) is 13.2 Å². The van der Waals surface area contributed by atoms with Gasteiger partial charge in [-0.05, 0) is 86.0 Å². The highest BCUT2D eigenvalue weighted by Gasteiger charge is 2.35. The molecule has 3 unspecified atom stereocenters. The van der Waals surface area contributed by atoms with E-state index in [0.717, 1.165) is 23.1 Å². The first-order valence-corrected chi connectivity index (χ1v) is 13.8. The van der Waals surface area contributed by atoms with Crippen molar-refractivity contribution >= 4 is 17.3 Å². The predicted molar refractivity (Wildman–Crippen MR) is 155 cm³/mol. The fourth-order valence-corrected chi connectivity index (χ4v) is 5.91. The molecule has 0 fully saturated rings. The third kappa shape index (κ3) is 8.07. The first kappa shape index (κ1) is 32.3. The number of phenols is 1. The van der Waals surface area contributed by atoms with E-state index in [4.69, 9.17) is 0 Å². The second-order valence-electron chi connectivity index (χ2n) is 11.3. The molecule has 0 heterocycles. The summed E-state index contributed by atoms with van der Waals surface area (Å²) in [6.45, 7) is 7.03. The molecular weight excluding hydrogens is 496 g/mol. The number of benzene rings is 2. The molecule has 0 saturated carbocycles. The normalized spacial score (nSPS) is 16.4. The number of ketones is 3. The Kier molecular flexibility index (Phi) is 12.0. The summed E-state index contributed by atoms with van der Waals surface area (Å²) >= 11 is 0. The number of aryl methyl sites for hydroxylation is 3. The van der Waals surface area contributed by atoms with Gasteiger partial charge in [-0.1, -0.05) is 49.7 Å². The van der Waals surface area contributed by atoms with Crippen LogP contribution < -0.4 is 0 Å². The maximum atomic E-state index is 13.4. The van der Waals surface area contributed by atoms with Crippen molar-refractivity contribution in [3.05, 3.63) is 63.7 Å². The van der Waals surface area contributed by atoms with Crippen LogP contribution in [-0.2, 0) is 28.9 Å². The Hall–Kier alpha value is -2.87. The molecular formula is C32H48O7. The lowest BCUT2D eigenvalue weighted by atomic mass is 9.71. The summed E-state index contributed by atoms with van der Waals surface area (Å²) in [5.74, 6) is -1.60. The Morgan fingerprint density at radius 2 is 1.74 bits per heavy atom. The summed E-state index contributed by atoms with van der Waals surface area (Å²) in [4.78, 5) is 37.6. The molecule has 1 aliphatic carbocycles. The van der Waals surface area contributed by atoms with E-state index in [2.05, 4.69) is 38.1 Å². The molecule has 0 bridgehead atoms. The summed E-state index contributed by atoms with van der Waals surface area (Å²) in [5, 5.41) is 30.8. The van der Waals surface area contributed by atoms with Crippen molar-refractivity contribution in [3.8, 4) is 5.75 Å². The van der Waals surface area contributed by atoms with Crippen molar-refractivity contribution in [2.45, 2.75) is 78.6 Å². The number of hydrogen-bond donors (Lipinski definition) is 3. The summed E-state index contributed by atoms with van der Waals surface area (Å²) < 4.78 is 0. The highest BCUT2D eigenvalue weighted by molar-refractivity contribution is 6.02. The average Bonchev–Trinajstić information content (AvgIpc) is 2.84. The molecule has 7 heteroatoms. The molecule has 0 aromatic heterocycles. The van der Waals surface area contributed by atoms with Crippen LogP contribution in [0.3, 0.4) is 0 Å². The van der Waals surface area contributed by atoms with Crippen molar-refractivity contribution in [1.82, 2.24) is 0 Å². The summed E-state index contributed by atoms with van der Waals surface area (Å²) in [6, 6.07) is 10.4. The molecule has 5 N–H and O–H groups in total. The van der Waals surface area contributed by atoms with Gasteiger partial charge in [0, 0.05) is 21.8 Å². The summed E-state index contributed by atoms with van der Waals surface area (Å²) in [6.07, 6.45) is 2.77. The fourth-order valence-electron chi connectivity index (χ4n) is 5.91. The third-order valence-corrected chi connectivity index (χ3v) is 7.93. The van der Waals surface area contributed by atoms with Crippen LogP contribution in [0.2, 0.25) is 0 Å². The molecule has 218 valence electrons. The molecule has 0 aliphatic heterocycles. The lowest BCUT2D eigenvalue weighted by Gasteiger charge is -2.32. The minimum absolute atomic E-state index is 0. The first-order valence-electron chi connectivity index (χ1n) is 13.8. The number of carbonyl (C=O) groups is 3. The van der Waals surface area contributed by atoms with Crippen LogP contribution in [0.5, 0.6) is 5.75 Å². The number of Topliss-reactive ketones (excluding diaryl/α,β-unsaturated/α-hetero) is 3. The van der Waals surface area contributed by atoms with Gasteiger partial charge in [0.2, 0.25) is 0 Å². The highest BCUT2D eigenvalue weighted by atomic mass is 16.3. The van der Waals surface area contributed by atoms with Gasteiger partial charge in [-0.2, -0.15) is 0 Å². The maximum absolute atomic E-state index is 13.4. The minimum atomic E-state index is -0.746. The largest absolute Gasteiger partial charge is 0.507 e. The third-order valence-electron chi connectivity index (χ3n) is 7.93. The number of rotatable bonds is 13. The van der Waals surface area contributed by atoms with Gasteiger partial charge in [0.1, 0.15) is 17.3 Å². The Labute approximate surface area is 234 Å². The van der Waals surface area contributed by atoms with Crippen molar-refractivity contribution in [2.24, 2.45) is 17.8 Å². The van der Waals surface area contributed by atoms with Crippen LogP contribution in [0.1, 0.15) is 93.4 Å². The Bertz CT molecular complexity index is 1160. The zero-order chi connectivity index (χ0) is 28.0. The highest BCUT2D eigenvalue weighted by Crippen LogP contribution is 2.42. The van der Waals surface area contributed by atoms with E-state index in [0.29, 0.717) is 31.2 Å². The van der Waals surface area contributed by atoms with Gasteiger partial charge >= 0.3 is 0 Å². The van der Waals surface area contributed by atoms with Gasteiger partial charge in [-0.25, -0.2) is 0 Å². The molecule has 39 heavy (non-hydrogen) atoms. The Balaban J connectivity index is 0.00000533. The lowest BCUT2D eigenvalue weighted by Crippen LogP contribution is -2.32. The first-order chi connectivity index (χ1) is 18.0. The average molecular weight is 545 g/mol. The van der Waals surface area contributed by atoms with E-state index in [-0.39, 0.29) is 68.6 Å². The van der Waals surface area contributed by atoms with Crippen molar-refractivity contribution < 1.29 is 38.0 Å². The van der Waals surface area contributed by atoms with Gasteiger partial charge in [0.05, 0.1) is 18.6 Å². The molecule has 7 nitrogen and oxygen atoms in total. The Morgan fingerprint density at radius 3 is 2.31 bits per heavy atom. The zero-order valence-corrected chi connectivity index (χ0v) is 23.6. The van der Waals surface area contributed by atoms with Crippen molar-refractivity contribution in [3.63, 3.8) is 0 Å². The summed E-state index contributed by atoms with van der Waals surface area (Å²) in [5.41, 5.74) is 5.51. The molecule has 3 atom stereocenters. The number of aliphatic hydroxyl groups excluding tert-OH is 2. The second-order valence-corrected chi connectivity index (χ2v) is 11.3. The van der Waals surface area contributed by atoms with Crippen LogP contribution in [0.15, 0.2) is 30.3 Å². The monoisotopic (exact) mass is 544 g/mol. The van der Waals surface area contributed by atoms with Crippen LogP contribution in [0, 0.1) is 24.7 Å². The molecule has 3 rings (SSSR count). The quantitative estimate of drug-likeness (QED) is 0.315. The number of aromatic hydroxyl groups is 1. The standard InChI is InChI=1S/C32H42O6.H2O.2H2/c1-19(2)26-17-25(10-9-22-7-5-20(3)6-8-22)32(38)31-27(26)15-23(16-30(31)37)14-24(11-12-33)28(18-34)29(36)13-21(4)35;;;/h5-8,17,19,23-24,28,33-34,38H,9-16,18H2,1-4H3;1H2;2*1H. The molecule has 0 saturated heterocycles. The molecule has 2 aromatic rings. The minimum Gasteiger partial charge on any atom is -0.507 e. The number of fused-ring (bicyclic) bond motifs is 1. The second kappa shape index (κ2) is 14.5. The molecule has 0 spiro atoms. The van der Waals surface area contributed by atoms with E-state index in [1.165, 1.54) is 18.1 Å². The van der Waals surface area contributed by atoms with Gasteiger partial charge in [-0.3, -0.25) is 14.4 Å². The van der Waals surface area contributed by atoms with E-state index < -0.39 is 12.5 Å². The van der Waals surface area contributed by atoms with Gasteiger partial charge in [-0.15, -0.1) is 0 Å². The van der Waals surface area contributed by atoms with Crippen LogP contribution in [0.4, 0.5) is 0 Å². The van der Waals surface area contributed by atoms with Crippen molar-refractivity contribution in [1.29, 1.82) is 0 Å². The van der Waals surface area contributed by atoms with E-state index in [9.17, 15) is 29.7 Å². The topological polar surface area (TPSA) is 143 Å². The van der Waals surface area contributed by atoms with E-state index in [1.807, 2.05) is 13.0 Å². The number of hydrogen-bond acceptors (Lipinski definition) is 6. The van der Waals surface area contributed by atoms with Crippen LogP contribution >= 0.6 is 0 Å². The van der Waals surface area contributed by atoms with Crippen LogP contribution in [0.25, 0.3) is 0 Å². The Morgan fingerprint density at radius 1 is 1.08 bits per heavy atom. The molecule has 2 aromatic carbocycles. The fraction of sp³-hybridized carbons (Fsp3) is 0.531. The summed E-state index contributed by atoms with van der Waals surface area (Å²) in [7, 11) is 0. The molecule has 1 aliphatic rings. The van der Waals surface area contributed by atoms with E-state index >= 15 is 0 Å². The predicted octanol–water partition coefficient (Wildman–Crippen LogP) is 4.57.